The zero-order chi connectivity index (χ0) is 6.69. The molecular weight excluding hydrogens is 118 g/mol. The third-order valence-electron chi connectivity index (χ3n) is 1.48. The van der Waals surface area contributed by atoms with E-state index in [0.717, 1.165) is 17.9 Å². The Balaban J connectivity index is 2.37. The van der Waals surface area contributed by atoms with Gasteiger partial charge in [-0.05, 0) is 12.8 Å². The van der Waals surface area contributed by atoms with E-state index in [0.29, 0.717) is 13.0 Å². The Labute approximate surface area is 54.2 Å². The minimum atomic E-state index is 0.148. The van der Waals surface area contributed by atoms with E-state index in [4.69, 9.17) is 5.21 Å². The van der Waals surface area contributed by atoms with Crippen LogP contribution in [0.15, 0.2) is 0 Å². The second-order valence-corrected chi connectivity index (χ2v) is 2.38. The Kier molecular flexibility index (Phi) is 2.19. The number of hydrogen-bond donors (Lipinski definition) is 1. The highest BCUT2D eigenvalue weighted by Crippen LogP contribution is 2.03. The van der Waals surface area contributed by atoms with Gasteiger partial charge in [0.25, 0.3) is 0 Å². The molecule has 3 heteroatoms. The average Bonchev–Trinajstić information content (AvgIpc) is 1.93. The van der Waals surface area contributed by atoms with Gasteiger partial charge in [-0.2, -0.15) is 5.06 Å². The summed E-state index contributed by atoms with van der Waals surface area (Å²) in [6.45, 7) is 0.867. The molecule has 0 amide bonds. The van der Waals surface area contributed by atoms with E-state index in [-0.39, 0.29) is 12.3 Å². The lowest BCUT2D eigenvalue weighted by molar-refractivity contribution is -0.133. The standard InChI is InChI=1S/C6H11NO2/c8-6-3-1-2-4-7(9)5-6/h9H,1-5H2. The number of hydrogen-bond acceptors (Lipinski definition) is 3. The summed E-state index contributed by atoms with van der Waals surface area (Å²) in [6, 6.07) is 0. The maximum Gasteiger partial charge on any atom is 0.149 e. The molecule has 0 unspecified atom stereocenters. The number of carbonyl (C=O) groups excluding carboxylic acids is 1. The van der Waals surface area contributed by atoms with Crippen molar-refractivity contribution in [1.29, 1.82) is 0 Å². The van der Waals surface area contributed by atoms with Crippen molar-refractivity contribution in [2.45, 2.75) is 19.3 Å². The summed E-state index contributed by atoms with van der Waals surface area (Å²) >= 11 is 0. The fourth-order valence-corrected chi connectivity index (χ4v) is 0.978. The lowest BCUT2D eigenvalue weighted by Gasteiger charge is -2.07. The van der Waals surface area contributed by atoms with Crippen molar-refractivity contribution in [2.24, 2.45) is 0 Å². The maximum atomic E-state index is 10.7. The first kappa shape index (κ1) is 6.71. The van der Waals surface area contributed by atoms with E-state index in [2.05, 4.69) is 0 Å². The zero-order valence-electron chi connectivity index (χ0n) is 5.34. The van der Waals surface area contributed by atoms with Crippen LogP contribution in [0.4, 0.5) is 0 Å². The van der Waals surface area contributed by atoms with Gasteiger partial charge < -0.3 is 5.21 Å². The largest absolute Gasteiger partial charge is 0.314 e. The van der Waals surface area contributed by atoms with Crippen LogP contribution in [0.3, 0.4) is 0 Å². The summed E-state index contributed by atoms with van der Waals surface area (Å²) in [5.41, 5.74) is 0. The highest BCUT2D eigenvalue weighted by Gasteiger charge is 2.11. The summed E-state index contributed by atoms with van der Waals surface area (Å²) in [6.07, 6.45) is 2.50. The first-order valence-electron chi connectivity index (χ1n) is 3.24. The van der Waals surface area contributed by atoms with Gasteiger partial charge in [0, 0.05) is 13.0 Å². The Morgan fingerprint density at radius 2 is 2.22 bits per heavy atom. The van der Waals surface area contributed by atoms with Crippen LogP contribution < -0.4 is 0 Å². The van der Waals surface area contributed by atoms with Crippen LogP contribution in [-0.2, 0) is 4.79 Å². The van der Waals surface area contributed by atoms with Gasteiger partial charge in [-0.25, -0.2) is 0 Å². The van der Waals surface area contributed by atoms with E-state index < -0.39 is 0 Å². The van der Waals surface area contributed by atoms with E-state index in [9.17, 15) is 4.79 Å². The monoisotopic (exact) mass is 129 g/mol. The van der Waals surface area contributed by atoms with Crippen LogP contribution in [0.2, 0.25) is 0 Å². The Morgan fingerprint density at radius 3 is 3.00 bits per heavy atom. The first-order chi connectivity index (χ1) is 4.29. The lowest BCUT2D eigenvalue weighted by atomic mass is 10.2. The number of hydroxylamine groups is 2. The molecule has 0 bridgehead atoms. The number of ketones is 1. The zero-order valence-corrected chi connectivity index (χ0v) is 5.34. The normalized spacial score (nSPS) is 23.9. The highest BCUT2D eigenvalue weighted by atomic mass is 16.5. The predicted octanol–water partition coefficient (Wildman–Crippen LogP) is 0.431. The molecule has 3 nitrogen and oxygen atoms in total. The molecule has 52 valence electrons. The fraction of sp³-hybridized carbons (Fsp3) is 0.833. The van der Waals surface area contributed by atoms with Crippen molar-refractivity contribution < 1.29 is 10.0 Å². The van der Waals surface area contributed by atoms with E-state index in [1.165, 1.54) is 0 Å². The molecule has 0 aromatic heterocycles. The quantitative estimate of drug-likeness (QED) is 0.515. The Hall–Kier alpha value is -0.410. The third-order valence-corrected chi connectivity index (χ3v) is 1.48. The molecule has 1 aliphatic rings. The summed E-state index contributed by atoms with van der Waals surface area (Å²) in [5.74, 6) is 0.148. The number of Topliss-reactive ketones (excluding diaryl/α,β-unsaturated/α-hetero) is 1. The number of rotatable bonds is 0. The summed E-state index contributed by atoms with van der Waals surface area (Å²) in [4.78, 5) is 10.7. The van der Waals surface area contributed by atoms with Crippen LogP contribution in [0.5, 0.6) is 0 Å². The van der Waals surface area contributed by atoms with E-state index in [1.54, 1.807) is 0 Å². The SMILES string of the molecule is O=C1CCCCN(O)C1. The number of nitrogens with zero attached hydrogens (tertiary/aromatic N) is 1. The molecule has 0 aromatic rings. The summed E-state index contributed by atoms with van der Waals surface area (Å²) in [5, 5.41) is 9.96. The van der Waals surface area contributed by atoms with Gasteiger partial charge >= 0.3 is 0 Å². The van der Waals surface area contributed by atoms with E-state index in [1.807, 2.05) is 0 Å². The first-order valence-corrected chi connectivity index (χ1v) is 3.24. The summed E-state index contributed by atoms with van der Waals surface area (Å²) in [7, 11) is 0. The van der Waals surface area contributed by atoms with Gasteiger partial charge in [0.1, 0.15) is 5.78 Å². The molecular formula is C6H11NO2. The topological polar surface area (TPSA) is 40.5 Å². The molecule has 1 N–H and O–H groups in total. The number of carbonyl (C=O) groups is 1. The maximum absolute atomic E-state index is 10.7. The lowest BCUT2D eigenvalue weighted by Crippen LogP contribution is -2.24. The molecule has 1 saturated heterocycles. The van der Waals surface area contributed by atoms with Gasteiger partial charge in [0.2, 0.25) is 0 Å². The van der Waals surface area contributed by atoms with Gasteiger partial charge in [0.05, 0.1) is 6.54 Å². The molecule has 0 atom stereocenters. The van der Waals surface area contributed by atoms with Crippen LogP contribution in [0.25, 0.3) is 0 Å². The molecule has 1 aliphatic heterocycles. The van der Waals surface area contributed by atoms with Crippen molar-refractivity contribution in [3.8, 4) is 0 Å². The van der Waals surface area contributed by atoms with Gasteiger partial charge in [-0.1, -0.05) is 0 Å². The molecule has 1 fully saturated rings. The molecule has 1 heterocycles. The molecule has 0 spiro atoms. The predicted molar refractivity (Wildman–Crippen MR) is 32.2 cm³/mol. The highest BCUT2D eigenvalue weighted by molar-refractivity contribution is 5.80. The van der Waals surface area contributed by atoms with Crippen molar-refractivity contribution >= 4 is 5.78 Å². The molecule has 9 heavy (non-hydrogen) atoms. The van der Waals surface area contributed by atoms with Crippen LogP contribution in [-0.4, -0.2) is 29.1 Å². The van der Waals surface area contributed by atoms with Crippen LogP contribution >= 0.6 is 0 Å². The van der Waals surface area contributed by atoms with Gasteiger partial charge in [-0.3, -0.25) is 4.79 Å². The Bertz CT molecular complexity index is 114. The molecule has 0 radical (unpaired) electrons. The van der Waals surface area contributed by atoms with E-state index >= 15 is 0 Å². The minimum absolute atomic E-state index is 0.148. The smallest absolute Gasteiger partial charge is 0.149 e. The van der Waals surface area contributed by atoms with Crippen LogP contribution in [0, 0.1) is 0 Å². The third kappa shape index (κ3) is 2.11. The molecule has 0 aliphatic carbocycles. The summed E-state index contributed by atoms with van der Waals surface area (Å²) < 4.78 is 0. The van der Waals surface area contributed by atoms with Crippen molar-refractivity contribution in [1.82, 2.24) is 5.06 Å². The molecule has 0 saturated carbocycles. The van der Waals surface area contributed by atoms with Crippen LogP contribution in [0.1, 0.15) is 19.3 Å². The van der Waals surface area contributed by atoms with Gasteiger partial charge in [-0.15, -0.1) is 0 Å². The van der Waals surface area contributed by atoms with Crippen molar-refractivity contribution in [2.75, 3.05) is 13.1 Å². The molecule has 1 rings (SSSR count). The second kappa shape index (κ2) is 2.94. The minimum Gasteiger partial charge on any atom is -0.314 e. The average molecular weight is 129 g/mol. The van der Waals surface area contributed by atoms with Gasteiger partial charge in [0.15, 0.2) is 0 Å². The second-order valence-electron chi connectivity index (χ2n) is 2.38. The van der Waals surface area contributed by atoms with Crippen molar-refractivity contribution in [3.63, 3.8) is 0 Å². The van der Waals surface area contributed by atoms with Crippen molar-refractivity contribution in [3.05, 3.63) is 0 Å². The molecule has 0 aromatic carbocycles. The Morgan fingerprint density at radius 1 is 1.44 bits per heavy atom. The fourth-order valence-electron chi connectivity index (χ4n) is 0.978.